The van der Waals surface area contributed by atoms with Crippen LogP contribution < -0.4 is 9.62 Å². The second-order valence-electron chi connectivity index (χ2n) is 6.39. The van der Waals surface area contributed by atoms with Crippen LogP contribution in [0.25, 0.3) is 10.9 Å². The Morgan fingerprint density at radius 3 is 2.70 bits per heavy atom. The van der Waals surface area contributed by atoms with E-state index in [1.54, 1.807) is 6.07 Å². The largest absolute Gasteiger partial charge is 0.366 e. The normalized spacial score (nSPS) is 16.0. The third-order valence-electron chi connectivity index (χ3n) is 4.52. The summed E-state index contributed by atoms with van der Waals surface area (Å²) in [5, 5.41) is 5.07. The minimum absolute atomic E-state index is 0.208. The Kier molecular flexibility index (Phi) is 4.88. The molecule has 5 nitrogen and oxygen atoms in total. The number of rotatable bonds is 4. The van der Waals surface area contributed by atoms with Crippen molar-refractivity contribution in [1.82, 2.24) is 4.98 Å². The molecule has 0 aliphatic carbocycles. The monoisotopic (exact) mass is 421 g/mol. The molecule has 27 heavy (non-hydrogen) atoms. The molecule has 1 aromatic heterocycles. The molecular weight excluding hydrogens is 405 g/mol. The Morgan fingerprint density at radius 1 is 1.11 bits per heavy atom. The molecule has 0 spiro atoms. The van der Waals surface area contributed by atoms with Gasteiger partial charge in [0.2, 0.25) is 10.0 Å². The number of halogens is 2. The fourth-order valence-corrected chi connectivity index (χ4v) is 5.09. The standard InChI is InChI=1S/C19H17Cl2N3O2S/c20-16-7-5-14-6-8-17(23-19(14)18(16)21)22-12-13-3-1-4-15(11-13)24-9-2-10-27(24,25)26/h1,3-8,11H,2,9-10,12H2,(H,22,23). The van der Waals surface area contributed by atoms with Gasteiger partial charge in [-0.3, -0.25) is 4.31 Å². The number of aromatic nitrogens is 1. The third-order valence-corrected chi connectivity index (χ3v) is 7.19. The predicted octanol–water partition coefficient (Wildman–Crippen LogP) is 4.69. The molecule has 1 aliphatic rings. The van der Waals surface area contributed by atoms with Gasteiger partial charge in [0.15, 0.2) is 0 Å². The number of sulfonamides is 1. The van der Waals surface area contributed by atoms with Gasteiger partial charge in [0.25, 0.3) is 0 Å². The first kappa shape index (κ1) is 18.3. The van der Waals surface area contributed by atoms with E-state index in [9.17, 15) is 8.42 Å². The van der Waals surface area contributed by atoms with Crippen LogP contribution in [0.4, 0.5) is 11.5 Å². The summed E-state index contributed by atoms with van der Waals surface area (Å²) < 4.78 is 25.7. The lowest BCUT2D eigenvalue weighted by molar-refractivity contribution is 0.599. The lowest BCUT2D eigenvalue weighted by Gasteiger charge is -2.18. The molecule has 4 rings (SSSR count). The van der Waals surface area contributed by atoms with Gasteiger partial charge in [0.05, 0.1) is 27.0 Å². The van der Waals surface area contributed by atoms with Gasteiger partial charge in [-0.05, 0) is 42.3 Å². The molecule has 3 aromatic rings. The minimum atomic E-state index is -3.18. The van der Waals surface area contributed by atoms with Gasteiger partial charge < -0.3 is 5.32 Å². The Balaban J connectivity index is 1.55. The zero-order valence-corrected chi connectivity index (χ0v) is 16.7. The third kappa shape index (κ3) is 3.70. The van der Waals surface area contributed by atoms with Crippen molar-refractivity contribution in [2.24, 2.45) is 0 Å². The van der Waals surface area contributed by atoms with E-state index in [1.807, 2.05) is 42.5 Å². The minimum Gasteiger partial charge on any atom is -0.366 e. The van der Waals surface area contributed by atoms with E-state index < -0.39 is 10.0 Å². The highest BCUT2D eigenvalue weighted by Crippen LogP contribution is 2.30. The highest BCUT2D eigenvalue weighted by Gasteiger charge is 2.28. The molecule has 0 amide bonds. The second kappa shape index (κ2) is 7.19. The van der Waals surface area contributed by atoms with Gasteiger partial charge in [-0.15, -0.1) is 0 Å². The van der Waals surface area contributed by atoms with Crippen LogP contribution in [0.5, 0.6) is 0 Å². The number of anilines is 2. The molecular formula is C19H17Cl2N3O2S. The van der Waals surface area contributed by atoms with Crippen molar-refractivity contribution in [2.75, 3.05) is 21.9 Å². The maximum absolute atomic E-state index is 12.1. The predicted molar refractivity (Wildman–Crippen MR) is 111 cm³/mol. The SMILES string of the molecule is O=S1(=O)CCCN1c1cccc(CNc2ccc3ccc(Cl)c(Cl)c3n2)c1. The summed E-state index contributed by atoms with van der Waals surface area (Å²) in [6.45, 7) is 1.04. The number of fused-ring (bicyclic) bond motifs is 1. The van der Waals surface area contributed by atoms with Crippen LogP contribution in [-0.4, -0.2) is 25.7 Å². The number of hydrogen-bond acceptors (Lipinski definition) is 4. The average Bonchev–Trinajstić information content (AvgIpc) is 3.02. The molecule has 1 N–H and O–H groups in total. The molecule has 1 fully saturated rings. The van der Waals surface area contributed by atoms with Crippen LogP contribution >= 0.6 is 23.2 Å². The first-order valence-corrected chi connectivity index (χ1v) is 10.9. The summed E-state index contributed by atoms with van der Waals surface area (Å²) >= 11 is 12.3. The van der Waals surface area contributed by atoms with Crippen LogP contribution in [0.2, 0.25) is 10.0 Å². The summed E-state index contributed by atoms with van der Waals surface area (Å²) in [5.41, 5.74) is 2.31. The van der Waals surface area contributed by atoms with Crippen molar-refractivity contribution in [3.05, 3.63) is 64.1 Å². The topological polar surface area (TPSA) is 62.3 Å². The van der Waals surface area contributed by atoms with Crippen molar-refractivity contribution in [3.8, 4) is 0 Å². The fourth-order valence-electron chi connectivity index (χ4n) is 3.17. The molecule has 140 valence electrons. The van der Waals surface area contributed by atoms with Crippen molar-refractivity contribution in [2.45, 2.75) is 13.0 Å². The number of hydrogen-bond donors (Lipinski definition) is 1. The number of nitrogens with zero attached hydrogens (tertiary/aromatic N) is 2. The van der Waals surface area contributed by atoms with Crippen molar-refractivity contribution < 1.29 is 8.42 Å². The molecule has 0 saturated carbocycles. The number of nitrogens with one attached hydrogen (secondary N) is 1. The van der Waals surface area contributed by atoms with Crippen LogP contribution in [0.1, 0.15) is 12.0 Å². The quantitative estimate of drug-likeness (QED) is 0.663. The maximum atomic E-state index is 12.1. The van der Waals surface area contributed by atoms with E-state index in [-0.39, 0.29) is 5.75 Å². The van der Waals surface area contributed by atoms with E-state index >= 15 is 0 Å². The Hall–Kier alpha value is -2.02. The summed E-state index contributed by atoms with van der Waals surface area (Å²) in [6.07, 6.45) is 0.662. The van der Waals surface area contributed by atoms with Gasteiger partial charge in [0, 0.05) is 18.5 Å². The van der Waals surface area contributed by atoms with Gasteiger partial charge in [-0.2, -0.15) is 0 Å². The number of benzene rings is 2. The summed E-state index contributed by atoms with van der Waals surface area (Å²) in [4.78, 5) is 4.54. The molecule has 8 heteroatoms. The Bertz CT molecular complexity index is 1120. The molecule has 1 saturated heterocycles. The summed E-state index contributed by atoms with van der Waals surface area (Å²) in [5.74, 6) is 0.880. The van der Waals surface area contributed by atoms with Gasteiger partial charge in [-0.25, -0.2) is 13.4 Å². The van der Waals surface area contributed by atoms with E-state index in [1.165, 1.54) is 4.31 Å². The fraction of sp³-hybridized carbons (Fsp3) is 0.211. The molecule has 2 heterocycles. The smallest absolute Gasteiger partial charge is 0.235 e. The molecule has 2 aromatic carbocycles. The lowest BCUT2D eigenvalue weighted by atomic mass is 10.2. The van der Waals surface area contributed by atoms with Crippen molar-refractivity contribution in [3.63, 3.8) is 0 Å². The Morgan fingerprint density at radius 2 is 1.93 bits per heavy atom. The van der Waals surface area contributed by atoms with Crippen LogP contribution in [-0.2, 0) is 16.6 Å². The van der Waals surface area contributed by atoms with Crippen molar-refractivity contribution in [1.29, 1.82) is 0 Å². The first-order chi connectivity index (χ1) is 12.9. The molecule has 0 atom stereocenters. The molecule has 0 radical (unpaired) electrons. The Labute approximate surface area is 168 Å². The summed E-state index contributed by atoms with van der Waals surface area (Å²) in [6, 6.07) is 15.0. The van der Waals surface area contributed by atoms with E-state index in [0.717, 1.165) is 10.9 Å². The molecule has 0 bridgehead atoms. The first-order valence-electron chi connectivity index (χ1n) is 8.52. The van der Waals surface area contributed by atoms with Gasteiger partial charge in [0.1, 0.15) is 5.82 Å². The summed E-state index contributed by atoms with van der Waals surface area (Å²) in [7, 11) is -3.18. The zero-order valence-electron chi connectivity index (χ0n) is 14.3. The van der Waals surface area contributed by atoms with E-state index in [2.05, 4.69) is 10.3 Å². The van der Waals surface area contributed by atoms with Gasteiger partial charge in [-0.1, -0.05) is 41.4 Å². The molecule has 1 aliphatic heterocycles. The highest BCUT2D eigenvalue weighted by atomic mass is 35.5. The van der Waals surface area contributed by atoms with Crippen LogP contribution in [0.15, 0.2) is 48.5 Å². The van der Waals surface area contributed by atoms with E-state index in [0.29, 0.717) is 46.6 Å². The van der Waals surface area contributed by atoms with Crippen LogP contribution in [0.3, 0.4) is 0 Å². The highest BCUT2D eigenvalue weighted by molar-refractivity contribution is 7.93. The van der Waals surface area contributed by atoms with Crippen LogP contribution in [0, 0.1) is 0 Å². The second-order valence-corrected chi connectivity index (χ2v) is 9.19. The zero-order chi connectivity index (χ0) is 19.0. The van der Waals surface area contributed by atoms with Crippen molar-refractivity contribution >= 4 is 55.6 Å². The average molecular weight is 422 g/mol. The lowest BCUT2D eigenvalue weighted by Crippen LogP contribution is -2.25. The van der Waals surface area contributed by atoms with E-state index in [4.69, 9.17) is 23.2 Å². The number of pyridine rings is 1. The maximum Gasteiger partial charge on any atom is 0.235 e. The molecule has 0 unspecified atom stereocenters. The van der Waals surface area contributed by atoms with Gasteiger partial charge >= 0.3 is 0 Å².